The maximum atomic E-state index is 12.4. The number of carbonyl (C=O) groups is 2. The van der Waals surface area contributed by atoms with E-state index in [1.807, 2.05) is 24.3 Å². The highest BCUT2D eigenvalue weighted by molar-refractivity contribution is 7.99. The van der Waals surface area contributed by atoms with Gasteiger partial charge in [-0.25, -0.2) is 4.98 Å². The highest BCUT2D eigenvalue weighted by atomic mass is 32.2. The Balaban J connectivity index is 1.98. The summed E-state index contributed by atoms with van der Waals surface area (Å²) in [6.07, 6.45) is -0.102. The average Bonchev–Trinajstić information content (AvgIpc) is 2.65. The van der Waals surface area contributed by atoms with E-state index in [0.29, 0.717) is 18.0 Å². The number of ether oxygens (including phenoxy) is 2. The molecule has 0 aliphatic heterocycles. The van der Waals surface area contributed by atoms with Crippen LogP contribution in [0.4, 0.5) is 0 Å². The smallest absolute Gasteiger partial charge is 0.311 e. The Morgan fingerprint density at radius 1 is 1.26 bits per heavy atom. The molecule has 1 aromatic carbocycles. The predicted octanol–water partition coefficient (Wildman–Crippen LogP) is 1.24. The number of hydrogen-bond donors (Lipinski definition) is 1. The monoisotopic (exact) mass is 391 g/mol. The number of nitrogens with one attached hydrogen (secondary N) is 1. The van der Waals surface area contributed by atoms with Gasteiger partial charge in [0.15, 0.2) is 5.16 Å². The second kappa shape index (κ2) is 9.77. The maximum absolute atomic E-state index is 12.4. The number of thioether (sulfide) groups is 1. The molecule has 0 atom stereocenters. The number of nitrogens with zero attached hydrogens (tertiary/aromatic N) is 2. The van der Waals surface area contributed by atoms with Gasteiger partial charge < -0.3 is 19.4 Å². The zero-order valence-electron chi connectivity index (χ0n) is 15.4. The van der Waals surface area contributed by atoms with Crippen molar-refractivity contribution in [3.63, 3.8) is 0 Å². The van der Waals surface area contributed by atoms with Crippen LogP contribution in [0.25, 0.3) is 0 Å². The third kappa shape index (κ3) is 6.14. The molecule has 1 heterocycles. The second-order valence-electron chi connectivity index (χ2n) is 5.65. The van der Waals surface area contributed by atoms with Gasteiger partial charge in [-0.15, -0.1) is 0 Å². The molecule has 9 heteroatoms. The van der Waals surface area contributed by atoms with Crippen molar-refractivity contribution in [1.82, 2.24) is 14.9 Å². The van der Waals surface area contributed by atoms with Gasteiger partial charge in [0.05, 0.1) is 32.1 Å². The van der Waals surface area contributed by atoms with Crippen LogP contribution in [0.2, 0.25) is 0 Å². The van der Waals surface area contributed by atoms with Crippen LogP contribution < -0.4 is 10.3 Å². The minimum atomic E-state index is -0.489. The fourth-order valence-electron chi connectivity index (χ4n) is 2.28. The number of carbonyl (C=O) groups excluding carboxylic acids is 2. The number of rotatable bonds is 8. The van der Waals surface area contributed by atoms with Gasteiger partial charge in [-0.3, -0.25) is 14.4 Å². The lowest BCUT2D eigenvalue weighted by Crippen LogP contribution is -2.28. The summed E-state index contributed by atoms with van der Waals surface area (Å²) in [4.78, 5) is 43.7. The van der Waals surface area contributed by atoms with Crippen LogP contribution in [-0.4, -0.2) is 53.8 Å². The molecule has 0 bridgehead atoms. The standard InChI is InChI=1S/C18H21N3O5S/c1-21(10-12-6-4-5-7-14(12)25-2)16(23)11-27-18-19-13(8-15(22)20-18)9-17(24)26-3/h4-8H,9-11H2,1-3H3,(H,19,20,22). The van der Waals surface area contributed by atoms with E-state index in [9.17, 15) is 14.4 Å². The number of para-hydroxylation sites is 1. The van der Waals surface area contributed by atoms with E-state index >= 15 is 0 Å². The second-order valence-corrected chi connectivity index (χ2v) is 6.61. The van der Waals surface area contributed by atoms with Crippen molar-refractivity contribution in [2.24, 2.45) is 0 Å². The van der Waals surface area contributed by atoms with Gasteiger partial charge in [0.25, 0.3) is 5.56 Å². The molecule has 2 aromatic rings. The molecule has 0 radical (unpaired) electrons. The summed E-state index contributed by atoms with van der Waals surface area (Å²) in [5.74, 6) is 0.186. The van der Waals surface area contributed by atoms with Crippen molar-refractivity contribution in [3.05, 3.63) is 51.9 Å². The van der Waals surface area contributed by atoms with E-state index < -0.39 is 5.97 Å². The van der Waals surface area contributed by atoms with E-state index in [1.54, 1.807) is 19.1 Å². The fraction of sp³-hybridized carbons (Fsp3) is 0.333. The quantitative estimate of drug-likeness (QED) is 0.410. The molecule has 1 amide bonds. The Morgan fingerprint density at radius 2 is 2.00 bits per heavy atom. The molecule has 0 spiro atoms. The summed E-state index contributed by atoms with van der Waals surface area (Å²) in [5.41, 5.74) is 0.802. The van der Waals surface area contributed by atoms with Crippen molar-refractivity contribution in [2.45, 2.75) is 18.1 Å². The van der Waals surface area contributed by atoms with Crippen molar-refractivity contribution in [3.8, 4) is 5.75 Å². The first-order valence-corrected chi connectivity index (χ1v) is 9.07. The molecule has 0 aliphatic carbocycles. The van der Waals surface area contributed by atoms with Gasteiger partial charge in [-0.1, -0.05) is 30.0 Å². The Bertz CT molecular complexity index is 868. The van der Waals surface area contributed by atoms with Crippen LogP contribution in [0.15, 0.2) is 40.3 Å². The van der Waals surface area contributed by atoms with E-state index in [0.717, 1.165) is 17.3 Å². The van der Waals surface area contributed by atoms with E-state index in [1.165, 1.54) is 13.2 Å². The topological polar surface area (TPSA) is 102 Å². The number of hydrogen-bond acceptors (Lipinski definition) is 7. The van der Waals surface area contributed by atoms with Gasteiger partial charge in [0, 0.05) is 25.2 Å². The summed E-state index contributed by atoms with van der Waals surface area (Å²) in [6, 6.07) is 8.71. The highest BCUT2D eigenvalue weighted by Crippen LogP contribution is 2.19. The molecule has 8 nitrogen and oxygen atoms in total. The van der Waals surface area contributed by atoms with E-state index in [4.69, 9.17) is 4.74 Å². The van der Waals surface area contributed by atoms with Gasteiger partial charge in [-0.2, -0.15) is 0 Å². The first-order valence-electron chi connectivity index (χ1n) is 8.08. The van der Waals surface area contributed by atoms with Crippen LogP contribution in [0.5, 0.6) is 5.75 Å². The van der Waals surface area contributed by atoms with E-state index in [-0.39, 0.29) is 28.8 Å². The zero-order chi connectivity index (χ0) is 19.8. The normalized spacial score (nSPS) is 10.3. The molecule has 1 N–H and O–H groups in total. The summed E-state index contributed by atoms with van der Waals surface area (Å²) in [6.45, 7) is 0.399. The fourth-order valence-corrected chi connectivity index (χ4v) is 3.12. The largest absolute Gasteiger partial charge is 0.496 e. The Morgan fingerprint density at radius 3 is 2.70 bits per heavy atom. The summed E-state index contributed by atoms with van der Waals surface area (Å²) < 4.78 is 9.86. The van der Waals surface area contributed by atoms with Crippen LogP contribution >= 0.6 is 11.8 Å². The molecule has 0 unspecified atom stereocenters. The lowest BCUT2D eigenvalue weighted by molar-refractivity contribution is -0.139. The molecular weight excluding hydrogens is 370 g/mol. The predicted molar refractivity (Wildman–Crippen MR) is 101 cm³/mol. The molecule has 0 saturated heterocycles. The molecule has 2 rings (SSSR count). The molecule has 0 saturated carbocycles. The third-order valence-electron chi connectivity index (χ3n) is 3.68. The number of H-pyrrole nitrogens is 1. The van der Waals surface area contributed by atoms with Crippen molar-refractivity contribution >= 4 is 23.6 Å². The van der Waals surface area contributed by atoms with Crippen LogP contribution in [-0.2, 0) is 27.3 Å². The lowest BCUT2D eigenvalue weighted by atomic mass is 10.2. The van der Waals surface area contributed by atoms with Crippen LogP contribution in [0.1, 0.15) is 11.3 Å². The number of esters is 1. The highest BCUT2D eigenvalue weighted by Gasteiger charge is 2.14. The van der Waals surface area contributed by atoms with Gasteiger partial charge in [0.1, 0.15) is 5.75 Å². The Labute approximate surface area is 160 Å². The molecule has 0 fully saturated rings. The Hall–Kier alpha value is -2.81. The Kier molecular flexibility index (Phi) is 7.42. The number of amides is 1. The molecular formula is C18H21N3O5S. The van der Waals surface area contributed by atoms with Gasteiger partial charge in [-0.05, 0) is 6.07 Å². The summed E-state index contributed by atoms with van der Waals surface area (Å²) >= 11 is 1.10. The molecule has 1 aromatic heterocycles. The first-order chi connectivity index (χ1) is 12.9. The van der Waals surface area contributed by atoms with Gasteiger partial charge in [0.2, 0.25) is 5.91 Å². The minimum Gasteiger partial charge on any atom is -0.496 e. The first kappa shape index (κ1) is 20.5. The zero-order valence-corrected chi connectivity index (χ0v) is 16.2. The summed E-state index contributed by atoms with van der Waals surface area (Å²) in [7, 11) is 4.54. The molecule has 27 heavy (non-hydrogen) atoms. The van der Waals surface area contributed by atoms with Crippen molar-refractivity contribution in [2.75, 3.05) is 27.0 Å². The molecule has 0 aliphatic rings. The van der Waals surface area contributed by atoms with E-state index in [2.05, 4.69) is 14.7 Å². The van der Waals surface area contributed by atoms with Crippen LogP contribution in [0.3, 0.4) is 0 Å². The molecule has 144 valence electrons. The summed E-state index contributed by atoms with van der Waals surface area (Å²) in [5, 5.41) is 0.278. The number of aromatic nitrogens is 2. The number of methoxy groups -OCH3 is 2. The SMILES string of the molecule is COC(=O)Cc1cc(=O)[nH]c(SCC(=O)N(C)Cc2ccccc2OC)n1. The average molecular weight is 391 g/mol. The number of benzene rings is 1. The van der Waals surface area contributed by atoms with Crippen molar-refractivity contribution in [1.29, 1.82) is 0 Å². The lowest BCUT2D eigenvalue weighted by Gasteiger charge is -2.18. The van der Waals surface area contributed by atoms with Crippen LogP contribution in [0, 0.1) is 0 Å². The minimum absolute atomic E-state index is 0.0935. The van der Waals surface area contributed by atoms with Crippen molar-refractivity contribution < 1.29 is 19.1 Å². The van der Waals surface area contributed by atoms with Gasteiger partial charge >= 0.3 is 5.97 Å². The number of aromatic amines is 1. The maximum Gasteiger partial charge on any atom is 0.311 e. The third-order valence-corrected chi connectivity index (χ3v) is 4.54.